The maximum absolute atomic E-state index is 12.0. The first kappa shape index (κ1) is 17.9. The van der Waals surface area contributed by atoms with Crippen LogP contribution in [0.3, 0.4) is 0 Å². The molecule has 1 aliphatic carbocycles. The Bertz CT molecular complexity index is 591. The van der Waals surface area contributed by atoms with E-state index in [9.17, 15) is 9.59 Å². The number of ether oxygens (including phenoxy) is 1. The number of rotatable bonds is 7. The number of nitrogens with zero attached hydrogens (tertiary/aromatic N) is 2. The zero-order valence-corrected chi connectivity index (χ0v) is 13.7. The normalized spacial score (nSPS) is 15.8. The van der Waals surface area contributed by atoms with E-state index in [0.717, 1.165) is 37.5 Å². The molecule has 1 aromatic rings. The van der Waals surface area contributed by atoms with Gasteiger partial charge in [0.25, 0.3) is 5.78 Å². The largest absolute Gasteiger partial charge is 0.445 e. The van der Waals surface area contributed by atoms with Gasteiger partial charge in [0.05, 0.1) is 0 Å². The Balaban J connectivity index is 1.89. The van der Waals surface area contributed by atoms with Gasteiger partial charge in [0.1, 0.15) is 12.6 Å². The molecule has 128 valence electrons. The van der Waals surface area contributed by atoms with E-state index in [-0.39, 0.29) is 6.61 Å². The van der Waals surface area contributed by atoms with Crippen LogP contribution in [0.5, 0.6) is 0 Å². The van der Waals surface area contributed by atoms with Gasteiger partial charge in [0.15, 0.2) is 0 Å². The summed E-state index contributed by atoms with van der Waals surface area (Å²) in [4.78, 5) is 26.8. The van der Waals surface area contributed by atoms with E-state index < -0.39 is 17.9 Å². The number of benzene rings is 1. The quantitative estimate of drug-likeness (QED) is 0.473. The summed E-state index contributed by atoms with van der Waals surface area (Å²) >= 11 is 0. The fourth-order valence-corrected chi connectivity index (χ4v) is 3.06. The van der Waals surface area contributed by atoms with Crippen molar-refractivity contribution in [2.75, 3.05) is 0 Å². The topological polar surface area (TPSA) is 91.8 Å². The van der Waals surface area contributed by atoms with Crippen LogP contribution in [-0.2, 0) is 16.1 Å². The highest BCUT2D eigenvalue weighted by Crippen LogP contribution is 2.27. The summed E-state index contributed by atoms with van der Waals surface area (Å²) in [6, 6.07) is 8.61. The van der Waals surface area contributed by atoms with Gasteiger partial charge in [-0.15, -0.1) is 0 Å². The fourth-order valence-electron chi connectivity index (χ4n) is 3.06. The van der Waals surface area contributed by atoms with Gasteiger partial charge in [-0.05, 0) is 17.9 Å². The molecule has 0 saturated heterocycles. The predicted octanol–water partition coefficient (Wildman–Crippen LogP) is 3.12. The molecular weight excluding hydrogens is 306 g/mol. The Morgan fingerprint density at radius 1 is 1.25 bits per heavy atom. The molecule has 0 aliphatic heterocycles. The first-order chi connectivity index (χ1) is 11.7. The summed E-state index contributed by atoms with van der Waals surface area (Å²) in [7, 11) is 0. The molecule has 2 rings (SSSR count). The highest BCUT2D eigenvalue weighted by Gasteiger charge is 2.27. The molecule has 1 aromatic carbocycles. The molecule has 1 N–H and O–H groups in total. The van der Waals surface area contributed by atoms with Crippen molar-refractivity contribution in [1.29, 1.82) is 0 Å². The molecule has 6 heteroatoms. The van der Waals surface area contributed by atoms with Crippen LogP contribution in [-0.4, -0.2) is 28.9 Å². The average Bonchev–Trinajstić information content (AvgIpc) is 2.61. The van der Waals surface area contributed by atoms with Gasteiger partial charge < -0.3 is 15.6 Å². The maximum Gasteiger partial charge on any atom is 0.408 e. The van der Waals surface area contributed by atoms with E-state index in [4.69, 9.17) is 10.3 Å². The summed E-state index contributed by atoms with van der Waals surface area (Å²) < 4.78 is 5.17. The first-order valence-electron chi connectivity index (χ1n) is 8.37. The second kappa shape index (κ2) is 9.63. The predicted molar refractivity (Wildman–Crippen MR) is 89.4 cm³/mol. The lowest BCUT2D eigenvalue weighted by Gasteiger charge is -2.25. The van der Waals surface area contributed by atoms with Crippen molar-refractivity contribution in [3.8, 4) is 0 Å². The lowest BCUT2D eigenvalue weighted by molar-refractivity contribution is -0.118. The molecule has 6 nitrogen and oxygen atoms in total. The molecule has 0 heterocycles. The third-order valence-electron chi connectivity index (χ3n) is 4.33. The van der Waals surface area contributed by atoms with Gasteiger partial charge in [-0.25, -0.2) is 4.79 Å². The van der Waals surface area contributed by atoms with Gasteiger partial charge >= 0.3 is 12.3 Å². The SMILES string of the molecule is [N-]=[N+]=CC(=O)[C@H](CC1CCCCC1)NC(=O)OCc1ccccc1. The molecule has 1 fully saturated rings. The van der Waals surface area contributed by atoms with Crippen molar-refractivity contribution in [2.24, 2.45) is 5.92 Å². The summed E-state index contributed by atoms with van der Waals surface area (Å²) in [5.74, 6) is -0.0195. The number of carbonyl (C=O) groups excluding carboxylic acids is 2. The van der Waals surface area contributed by atoms with Crippen LogP contribution in [0.25, 0.3) is 5.53 Å². The van der Waals surface area contributed by atoms with Crippen molar-refractivity contribution < 1.29 is 19.1 Å². The van der Waals surface area contributed by atoms with Gasteiger partial charge in [0, 0.05) is 0 Å². The monoisotopic (exact) mass is 329 g/mol. The number of hydrogen-bond acceptors (Lipinski definition) is 3. The molecule has 0 spiro atoms. The van der Waals surface area contributed by atoms with Gasteiger partial charge in [-0.3, -0.25) is 4.79 Å². The van der Waals surface area contributed by atoms with Gasteiger partial charge in [0.2, 0.25) is 0 Å². The Labute approximate surface area is 141 Å². The highest BCUT2D eigenvalue weighted by molar-refractivity contribution is 6.28. The maximum atomic E-state index is 12.0. The van der Waals surface area contributed by atoms with Crippen molar-refractivity contribution in [1.82, 2.24) is 5.32 Å². The third-order valence-corrected chi connectivity index (χ3v) is 4.33. The summed E-state index contributed by atoms with van der Waals surface area (Å²) in [6.07, 6.45) is 6.38. The van der Waals surface area contributed by atoms with Crippen molar-refractivity contribution in [2.45, 2.75) is 51.2 Å². The Hall–Kier alpha value is -2.46. The minimum Gasteiger partial charge on any atom is -0.445 e. The molecule has 0 radical (unpaired) electrons. The van der Waals surface area contributed by atoms with Crippen LogP contribution >= 0.6 is 0 Å². The minimum atomic E-state index is -0.715. The van der Waals surface area contributed by atoms with E-state index in [0.29, 0.717) is 12.3 Å². The molecule has 0 bridgehead atoms. The van der Waals surface area contributed by atoms with Gasteiger partial charge in [-0.2, -0.15) is 4.79 Å². The van der Waals surface area contributed by atoms with E-state index in [1.165, 1.54) is 6.42 Å². The fraction of sp³-hybridized carbons (Fsp3) is 0.500. The van der Waals surface area contributed by atoms with Crippen LogP contribution in [0.2, 0.25) is 0 Å². The second-order valence-corrected chi connectivity index (χ2v) is 6.15. The molecule has 1 amide bonds. The number of Topliss-reactive ketones (excluding diaryl/α,β-unsaturated/α-hetero) is 1. The van der Waals surface area contributed by atoms with Crippen molar-refractivity contribution in [3.63, 3.8) is 0 Å². The molecular formula is C18H23N3O3. The molecule has 1 atom stereocenters. The summed E-state index contributed by atoms with van der Waals surface area (Å²) in [5.41, 5.74) is 9.46. The van der Waals surface area contributed by atoms with Crippen LogP contribution in [0, 0.1) is 5.92 Å². The van der Waals surface area contributed by atoms with E-state index in [1.54, 1.807) is 0 Å². The molecule has 0 aromatic heterocycles. The lowest BCUT2D eigenvalue weighted by atomic mass is 9.84. The number of nitrogens with one attached hydrogen (secondary N) is 1. The molecule has 24 heavy (non-hydrogen) atoms. The zero-order chi connectivity index (χ0) is 17.2. The number of carbonyl (C=O) groups is 2. The number of amides is 1. The standard InChI is InChI=1S/C18H23N3O3/c19-20-12-17(22)16(11-14-7-3-1-4-8-14)21-18(23)24-13-15-9-5-2-6-10-15/h2,5-6,9-10,12,14,16H,1,3-4,7-8,11,13H2,(H,21,23)/t16-/m0/s1. The minimum absolute atomic E-state index is 0.144. The van der Waals surface area contributed by atoms with E-state index in [1.807, 2.05) is 30.3 Å². The van der Waals surface area contributed by atoms with Crippen molar-refractivity contribution >= 4 is 18.1 Å². The average molecular weight is 329 g/mol. The van der Waals surface area contributed by atoms with E-state index in [2.05, 4.69) is 10.1 Å². The van der Waals surface area contributed by atoms with Crippen LogP contribution in [0.4, 0.5) is 4.79 Å². The van der Waals surface area contributed by atoms with Crippen LogP contribution in [0.1, 0.15) is 44.1 Å². The molecule has 1 saturated carbocycles. The van der Waals surface area contributed by atoms with Crippen LogP contribution < -0.4 is 5.32 Å². The van der Waals surface area contributed by atoms with Crippen LogP contribution in [0.15, 0.2) is 30.3 Å². The zero-order valence-electron chi connectivity index (χ0n) is 13.7. The third kappa shape index (κ3) is 5.97. The highest BCUT2D eigenvalue weighted by atomic mass is 16.5. The Morgan fingerprint density at radius 3 is 2.62 bits per heavy atom. The number of hydrogen-bond donors (Lipinski definition) is 1. The first-order valence-corrected chi connectivity index (χ1v) is 8.37. The second-order valence-electron chi connectivity index (χ2n) is 6.15. The smallest absolute Gasteiger partial charge is 0.408 e. The molecule has 0 unspecified atom stereocenters. The summed E-state index contributed by atoms with van der Waals surface area (Å²) in [5, 5.41) is 2.61. The lowest BCUT2D eigenvalue weighted by Crippen LogP contribution is -2.43. The Morgan fingerprint density at radius 2 is 1.96 bits per heavy atom. The number of ketones is 1. The molecule has 1 aliphatic rings. The van der Waals surface area contributed by atoms with Crippen molar-refractivity contribution in [3.05, 3.63) is 41.4 Å². The summed E-state index contributed by atoms with van der Waals surface area (Å²) in [6.45, 7) is 0.144. The van der Waals surface area contributed by atoms with E-state index >= 15 is 0 Å². The van der Waals surface area contributed by atoms with Gasteiger partial charge in [-0.1, -0.05) is 62.4 Å². The Kier molecular flexibility index (Phi) is 7.18. The number of alkyl carbamates (subject to hydrolysis) is 1.